The van der Waals surface area contributed by atoms with Gasteiger partial charge in [0.05, 0.1) is 6.10 Å². The number of nitrogens with one attached hydrogen (secondary N) is 1. The van der Waals surface area contributed by atoms with Crippen LogP contribution in [0.15, 0.2) is 18.2 Å². The first kappa shape index (κ1) is 14.0. The van der Waals surface area contributed by atoms with Crippen molar-refractivity contribution in [3.63, 3.8) is 0 Å². The molecule has 2 atom stereocenters. The van der Waals surface area contributed by atoms with Crippen molar-refractivity contribution in [2.24, 2.45) is 0 Å². The van der Waals surface area contributed by atoms with Crippen molar-refractivity contribution in [2.75, 3.05) is 13.1 Å². The Labute approximate surface area is 122 Å². The minimum Gasteiger partial charge on any atom is -0.480 e. The minimum atomic E-state index is -1.07. The molecule has 2 heterocycles. The quantitative estimate of drug-likeness (QED) is 0.713. The second-order valence-electron chi connectivity index (χ2n) is 5.61. The summed E-state index contributed by atoms with van der Waals surface area (Å²) in [6, 6.07) is 4.57. The van der Waals surface area contributed by atoms with Gasteiger partial charge < -0.3 is 20.4 Å². The topological polar surface area (TPSA) is 89.9 Å². The van der Waals surface area contributed by atoms with Gasteiger partial charge >= 0.3 is 5.97 Å². The van der Waals surface area contributed by atoms with Crippen LogP contribution in [0.25, 0.3) is 0 Å². The van der Waals surface area contributed by atoms with Crippen LogP contribution in [0.5, 0.6) is 0 Å². The summed E-state index contributed by atoms with van der Waals surface area (Å²) in [5.74, 6) is -1.40. The first-order valence-electron chi connectivity index (χ1n) is 7.10. The summed E-state index contributed by atoms with van der Waals surface area (Å²) in [5.41, 5.74) is 2.79. The second kappa shape index (κ2) is 5.46. The Hall–Kier alpha value is -1.92. The predicted molar refractivity (Wildman–Crippen MR) is 74.9 cm³/mol. The zero-order chi connectivity index (χ0) is 15.0. The van der Waals surface area contributed by atoms with E-state index in [2.05, 4.69) is 5.32 Å². The number of likely N-dealkylation sites (tertiary alicyclic amines) is 1. The summed E-state index contributed by atoms with van der Waals surface area (Å²) in [4.78, 5) is 25.0. The van der Waals surface area contributed by atoms with E-state index < -0.39 is 18.1 Å². The number of fused-ring (bicyclic) bond motifs is 1. The number of carbonyl (C=O) groups excluding carboxylic acids is 1. The van der Waals surface area contributed by atoms with E-state index in [0.717, 1.165) is 25.1 Å². The van der Waals surface area contributed by atoms with Gasteiger partial charge in [-0.05, 0) is 36.2 Å². The van der Waals surface area contributed by atoms with Crippen molar-refractivity contribution in [3.05, 3.63) is 34.9 Å². The van der Waals surface area contributed by atoms with Gasteiger partial charge in [0, 0.05) is 25.1 Å². The van der Waals surface area contributed by atoms with Crippen LogP contribution in [0, 0.1) is 0 Å². The number of hydrogen-bond acceptors (Lipinski definition) is 4. The average molecular weight is 290 g/mol. The number of amides is 1. The van der Waals surface area contributed by atoms with Crippen LogP contribution in [-0.4, -0.2) is 52.2 Å². The third kappa shape index (κ3) is 2.64. The lowest BCUT2D eigenvalue weighted by Crippen LogP contribution is -2.40. The van der Waals surface area contributed by atoms with Crippen LogP contribution in [0.4, 0.5) is 0 Å². The van der Waals surface area contributed by atoms with Crippen molar-refractivity contribution in [2.45, 2.75) is 31.5 Å². The van der Waals surface area contributed by atoms with E-state index in [1.54, 1.807) is 6.07 Å². The fraction of sp³-hybridized carbons (Fsp3) is 0.467. The maximum absolute atomic E-state index is 12.5. The third-order valence-corrected chi connectivity index (χ3v) is 4.16. The summed E-state index contributed by atoms with van der Waals surface area (Å²) in [6.45, 7) is 1.73. The van der Waals surface area contributed by atoms with Gasteiger partial charge in [-0.1, -0.05) is 6.07 Å². The lowest BCUT2D eigenvalue weighted by Gasteiger charge is -2.23. The average Bonchev–Trinajstić information content (AvgIpc) is 2.88. The van der Waals surface area contributed by atoms with Crippen molar-refractivity contribution < 1.29 is 19.8 Å². The molecule has 1 fully saturated rings. The molecule has 0 aromatic heterocycles. The number of carboxylic acid groups (broad SMARTS) is 1. The van der Waals surface area contributed by atoms with Crippen LogP contribution in [0.2, 0.25) is 0 Å². The van der Waals surface area contributed by atoms with Crippen LogP contribution < -0.4 is 5.32 Å². The molecular weight excluding hydrogens is 272 g/mol. The number of carbonyl (C=O) groups is 2. The van der Waals surface area contributed by atoms with Gasteiger partial charge in [-0.25, -0.2) is 4.79 Å². The number of hydrogen-bond donors (Lipinski definition) is 3. The zero-order valence-corrected chi connectivity index (χ0v) is 11.6. The zero-order valence-electron chi connectivity index (χ0n) is 11.6. The summed E-state index contributed by atoms with van der Waals surface area (Å²) in [7, 11) is 0. The molecule has 1 aromatic carbocycles. The van der Waals surface area contributed by atoms with E-state index in [-0.39, 0.29) is 18.9 Å². The molecule has 0 saturated carbocycles. The van der Waals surface area contributed by atoms with Gasteiger partial charge in [-0.3, -0.25) is 4.79 Å². The number of β-amino-alcohol motifs (C(OH)–C–C–N with tert-alkyl or cyclic N) is 1. The summed E-state index contributed by atoms with van der Waals surface area (Å²) in [6.07, 6.45) is 0.256. The van der Waals surface area contributed by atoms with Gasteiger partial charge in [0.25, 0.3) is 5.91 Å². The Balaban J connectivity index is 1.86. The smallest absolute Gasteiger partial charge is 0.326 e. The number of carboxylic acids is 1. The number of aliphatic carboxylic acids is 1. The Morgan fingerprint density at radius 3 is 2.86 bits per heavy atom. The van der Waals surface area contributed by atoms with Crippen LogP contribution in [-0.2, 0) is 17.8 Å². The molecule has 6 nitrogen and oxygen atoms in total. The number of rotatable bonds is 2. The molecule has 1 aromatic rings. The van der Waals surface area contributed by atoms with E-state index in [4.69, 9.17) is 0 Å². The SMILES string of the molecule is O=C(O)[C@H]1C[C@@H](O)CN1C(=O)c1ccc2c(c1)CNCC2. The molecule has 21 heavy (non-hydrogen) atoms. The fourth-order valence-corrected chi connectivity index (χ4v) is 3.05. The first-order chi connectivity index (χ1) is 10.1. The second-order valence-corrected chi connectivity index (χ2v) is 5.61. The van der Waals surface area contributed by atoms with Crippen molar-refractivity contribution >= 4 is 11.9 Å². The molecule has 0 spiro atoms. The fourth-order valence-electron chi connectivity index (χ4n) is 3.05. The summed E-state index contributed by atoms with van der Waals surface area (Å²) in [5, 5.41) is 22.1. The normalized spacial score (nSPS) is 24.7. The van der Waals surface area contributed by atoms with Gasteiger partial charge in [-0.15, -0.1) is 0 Å². The maximum Gasteiger partial charge on any atom is 0.326 e. The number of aliphatic hydroxyl groups excluding tert-OH is 1. The largest absolute Gasteiger partial charge is 0.480 e. The van der Waals surface area contributed by atoms with Gasteiger partial charge in [0.15, 0.2) is 0 Å². The molecule has 2 aliphatic rings. The van der Waals surface area contributed by atoms with E-state index in [1.807, 2.05) is 12.1 Å². The lowest BCUT2D eigenvalue weighted by molar-refractivity contribution is -0.141. The monoisotopic (exact) mass is 290 g/mol. The van der Waals surface area contributed by atoms with Crippen LogP contribution in [0.1, 0.15) is 27.9 Å². The number of aliphatic hydroxyl groups is 1. The van der Waals surface area contributed by atoms with Gasteiger partial charge in [-0.2, -0.15) is 0 Å². The maximum atomic E-state index is 12.5. The molecule has 112 valence electrons. The highest BCUT2D eigenvalue weighted by Gasteiger charge is 2.39. The van der Waals surface area contributed by atoms with Crippen molar-refractivity contribution in [3.8, 4) is 0 Å². The minimum absolute atomic E-state index is 0.0745. The van der Waals surface area contributed by atoms with E-state index in [1.165, 1.54) is 10.5 Å². The molecule has 3 N–H and O–H groups in total. The Bertz CT molecular complexity index is 587. The molecular formula is C15H18N2O4. The molecule has 3 rings (SSSR count). The number of benzene rings is 1. The molecule has 6 heteroatoms. The molecule has 2 aliphatic heterocycles. The molecule has 1 saturated heterocycles. The Kier molecular flexibility index (Phi) is 3.65. The standard InChI is InChI=1S/C15H18N2O4/c18-12-6-13(15(20)21)17(8-12)14(19)10-2-1-9-3-4-16-7-11(9)5-10/h1-2,5,12-13,16,18H,3-4,6-8H2,(H,20,21)/t12-,13-/m1/s1. The Morgan fingerprint density at radius 1 is 1.29 bits per heavy atom. The van der Waals surface area contributed by atoms with E-state index in [0.29, 0.717) is 5.56 Å². The molecule has 0 bridgehead atoms. The van der Waals surface area contributed by atoms with E-state index >= 15 is 0 Å². The van der Waals surface area contributed by atoms with Crippen molar-refractivity contribution in [1.29, 1.82) is 0 Å². The lowest BCUT2D eigenvalue weighted by atomic mass is 9.98. The molecule has 0 unspecified atom stereocenters. The summed E-state index contributed by atoms with van der Waals surface area (Å²) < 4.78 is 0. The summed E-state index contributed by atoms with van der Waals surface area (Å²) >= 11 is 0. The van der Waals surface area contributed by atoms with Gasteiger partial charge in [0.2, 0.25) is 0 Å². The van der Waals surface area contributed by atoms with Crippen molar-refractivity contribution in [1.82, 2.24) is 10.2 Å². The van der Waals surface area contributed by atoms with Gasteiger partial charge in [0.1, 0.15) is 6.04 Å². The highest BCUT2D eigenvalue weighted by Crippen LogP contribution is 2.23. The number of nitrogens with zero attached hydrogens (tertiary/aromatic N) is 1. The molecule has 0 aliphatic carbocycles. The Morgan fingerprint density at radius 2 is 2.10 bits per heavy atom. The highest BCUT2D eigenvalue weighted by atomic mass is 16.4. The van der Waals surface area contributed by atoms with E-state index in [9.17, 15) is 19.8 Å². The predicted octanol–water partition coefficient (Wildman–Crippen LogP) is -0.00770. The molecule has 1 amide bonds. The highest BCUT2D eigenvalue weighted by molar-refractivity contribution is 5.97. The third-order valence-electron chi connectivity index (χ3n) is 4.16. The van der Waals surface area contributed by atoms with Crippen LogP contribution in [0.3, 0.4) is 0 Å². The first-order valence-corrected chi connectivity index (χ1v) is 7.10. The molecule has 0 radical (unpaired) electrons. The van der Waals surface area contributed by atoms with Crippen LogP contribution >= 0.6 is 0 Å².